The Morgan fingerprint density at radius 3 is 2.89 bits per heavy atom. The van der Waals surface area contributed by atoms with Gasteiger partial charge in [0.05, 0.1) is 0 Å². The van der Waals surface area contributed by atoms with Gasteiger partial charge in [-0.3, -0.25) is 9.89 Å². The molecular formula is C13H14FN3O2. The fourth-order valence-electron chi connectivity index (χ4n) is 1.51. The highest BCUT2D eigenvalue weighted by molar-refractivity contribution is 5.93. The number of amides is 1. The number of nitrogens with zero attached hydrogens (tertiary/aromatic N) is 1. The number of carbonyl (C=O) groups is 1. The van der Waals surface area contributed by atoms with Crippen molar-refractivity contribution in [3.8, 4) is 5.75 Å². The molecule has 0 fully saturated rings. The van der Waals surface area contributed by atoms with Gasteiger partial charge in [0.25, 0.3) is 5.91 Å². The number of aryl methyl sites for hydroxylation is 1. The Morgan fingerprint density at radius 1 is 1.47 bits per heavy atom. The number of carbonyl (C=O) groups excluding carboxylic acids is 1. The maximum atomic E-state index is 13.0. The average molecular weight is 263 g/mol. The topological polar surface area (TPSA) is 67.0 Å². The fourth-order valence-corrected chi connectivity index (χ4v) is 1.51. The van der Waals surface area contributed by atoms with Gasteiger partial charge in [-0.1, -0.05) is 6.07 Å². The molecule has 1 heterocycles. The van der Waals surface area contributed by atoms with Crippen molar-refractivity contribution in [3.63, 3.8) is 0 Å². The summed E-state index contributed by atoms with van der Waals surface area (Å²) in [5.41, 5.74) is 0.842. The van der Waals surface area contributed by atoms with Crippen molar-refractivity contribution in [2.75, 3.05) is 5.32 Å². The van der Waals surface area contributed by atoms with Gasteiger partial charge in [-0.15, -0.1) is 0 Å². The van der Waals surface area contributed by atoms with Gasteiger partial charge in [-0.25, -0.2) is 4.39 Å². The number of H-pyrrole nitrogens is 1. The molecular weight excluding hydrogens is 249 g/mol. The van der Waals surface area contributed by atoms with Gasteiger partial charge in [-0.2, -0.15) is 5.10 Å². The second kappa shape index (κ2) is 5.51. The Morgan fingerprint density at radius 2 is 2.26 bits per heavy atom. The maximum Gasteiger partial charge on any atom is 0.266 e. The van der Waals surface area contributed by atoms with Crippen LogP contribution in [-0.2, 0) is 4.79 Å². The van der Waals surface area contributed by atoms with Crippen LogP contribution in [-0.4, -0.2) is 22.2 Å². The van der Waals surface area contributed by atoms with Gasteiger partial charge < -0.3 is 10.1 Å². The molecule has 19 heavy (non-hydrogen) atoms. The Kier molecular flexibility index (Phi) is 3.79. The molecule has 1 unspecified atom stereocenters. The van der Waals surface area contributed by atoms with Gasteiger partial charge in [0.2, 0.25) is 0 Å². The standard InChI is InChI=1S/C13H14FN3O2/c1-8-6-12(17-16-8)15-13(18)9(2)19-11-5-3-4-10(14)7-11/h3-7,9H,1-2H3,(H2,15,16,17,18). The summed E-state index contributed by atoms with van der Waals surface area (Å²) in [5.74, 6) is -0.0261. The van der Waals surface area contributed by atoms with E-state index < -0.39 is 11.9 Å². The zero-order valence-corrected chi connectivity index (χ0v) is 10.6. The van der Waals surface area contributed by atoms with Gasteiger partial charge in [0.1, 0.15) is 11.6 Å². The highest BCUT2D eigenvalue weighted by Gasteiger charge is 2.16. The molecule has 1 aromatic heterocycles. The van der Waals surface area contributed by atoms with Crippen LogP contribution in [0.5, 0.6) is 5.75 Å². The molecule has 2 aromatic rings. The number of aromatic amines is 1. The number of rotatable bonds is 4. The molecule has 0 radical (unpaired) electrons. The van der Waals surface area contributed by atoms with Crippen molar-refractivity contribution in [3.05, 3.63) is 41.8 Å². The normalized spacial score (nSPS) is 11.9. The Labute approximate surface area is 109 Å². The lowest BCUT2D eigenvalue weighted by Gasteiger charge is -2.13. The molecule has 0 saturated heterocycles. The van der Waals surface area contributed by atoms with E-state index in [1.165, 1.54) is 18.2 Å². The number of aromatic nitrogens is 2. The molecule has 0 aliphatic carbocycles. The molecule has 5 nitrogen and oxygen atoms in total. The second-order valence-corrected chi connectivity index (χ2v) is 4.14. The number of halogens is 1. The third kappa shape index (κ3) is 3.54. The van der Waals surface area contributed by atoms with Crippen LogP contribution in [0.3, 0.4) is 0 Å². The first-order valence-electron chi connectivity index (χ1n) is 5.79. The number of anilines is 1. The Hall–Kier alpha value is -2.37. The lowest BCUT2D eigenvalue weighted by molar-refractivity contribution is -0.122. The summed E-state index contributed by atoms with van der Waals surface area (Å²) >= 11 is 0. The smallest absolute Gasteiger partial charge is 0.266 e. The van der Waals surface area contributed by atoms with Crippen LogP contribution in [0.25, 0.3) is 0 Å². The van der Waals surface area contributed by atoms with E-state index in [-0.39, 0.29) is 5.91 Å². The molecule has 6 heteroatoms. The zero-order chi connectivity index (χ0) is 13.8. The van der Waals surface area contributed by atoms with Gasteiger partial charge >= 0.3 is 0 Å². The molecule has 100 valence electrons. The van der Waals surface area contributed by atoms with Crippen LogP contribution in [0.4, 0.5) is 10.2 Å². The van der Waals surface area contributed by atoms with E-state index in [1.54, 1.807) is 19.1 Å². The number of ether oxygens (including phenoxy) is 1. The minimum atomic E-state index is -0.751. The van der Waals surface area contributed by atoms with E-state index in [4.69, 9.17) is 4.74 Å². The van der Waals surface area contributed by atoms with E-state index in [9.17, 15) is 9.18 Å². The molecule has 1 amide bonds. The summed E-state index contributed by atoms with van der Waals surface area (Å²) in [5, 5.41) is 9.20. The number of hydrogen-bond donors (Lipinski definition) is 2. The monoisotopic (exact) mass is 263 g/mol. The first-order valence-corrected chi connectivity index (χ1v) is 5.79. The predicted molar refractivity (Wildman–Crippen MR) is 68.4 cm³/mol. The highest BCUT2D eigenvalue weighted by Crippen LogP contribution is 2.14. The third-order valence-electron chi connectivity index (χ3n) is 2.44. The number of benzene rings is 1. The molecule has 1 atom stereocenters. The SMILES string of the molecule is Cc1cc(NC(=O)C(C)Oc2cccc(F)c2)n[nH]1. The largest absolute Gasteiger partial charge is 0.481 e. The molecule has 0 aliphatic heterocycles. The Balaban J connectivity index is 1.96. The minimum absolute atomic E-state index is 0.306. The van der Waals surface area contributed by atoms with E-state index in [0.29, 0.717) is 11.6 Å². The van der Waals surface area contributed by atoms with Crippen molar-refractivity contribution >= 4 is 11.7 Å². The zero-order valence-electron chi connectivity index (χ0n) is 10.6. The van der Waals surface area contributed by atoms with Crippen LogP contribution in [0.1, 0.15) is 12.6 Å². The van der Waals surface area contributed by atoms with Crippen molar-refractivity contribution in [2.24, 2.45) is 0 Å². The summed E-state index contributed by atoms with van der Waals surface area (Å²) in [7, 11) is 0. The molecule has 0 saturated carbocycles. The summed E-state index contributed by atoms with van der Waals surface area (Å²) in [6, 6.07) is 7.34. The average Bonchev–Trinajstić information content (AvgIpc) is 2.74. The summed E-state index contributed by atoms with van der Waals surface area (Å²) in [6.45, 7) is 3.41. The number of hydrogen-bond acceptors (Lipinski definition) is 3. The second-order valence-electron chi connectivity index (χ2n) is 4.14. The fraction of sp³-hybridized carbons (Fsp3) is 0.231. The summed E-state index contributed by atoms with van der Waals surface area (Å²) < 4.78 is 18.3. The van der Waals surface area contributed by atoms with Crippen LogP contribution in [0.15, 0.2) is 30.3 Å². The van der Waals surface area contributed by atoms with Crippen molar-refractivity contribution in [1.29, 1.82) is 0 Å². The van der Waals surface area contributed by atoms with Crippen molar-refractivity contribution < 1.29 is 13.9 Å². The van der Waals surface area contributed by atoms with E-state index in [2.05, 4.69) is 15.5 Å². The lowest BCUT2D eigenvalue weighted by atomic mass is 10.3. The maximum absolute atomic E-state index is 13.0. The third-order valence-corrected chi connectivity index (χ3v) is 2.44. The van der Waals surface area contributed by atoms with Crippen molar-refractivity contribution in [1.82, 2.24) is 10.2 Å². The highest BCUT2D eigenvalue weighted by atomic mass is 19.1. The van der Waals surface area contributed by atoms with Crippen molar-refractivity contribution in [2.45, 2.75) is 20.0 Å². The quantitative estimate of drug-likeness (QED) is 0.889. The van der Waals surface area contributed by atoms with Gasteiger partial charge in [0, 0.05) is 17.8 Å². The Bertz CT molecular complexity index is 583. The first kappa shape index (κ1) is 13.1. The van der Waals surface area contributed by atoms with Crippen LogP contribution >= 0.6 is 0 Å². The molecule has 2 rings (SSSR count). The molecule has 0 bridgehead atoms. The van der Waals surface area contributed by atoms with Crippen LogP contribution in [0, 0.1) is 12.7 Å². The number of nitrogens with one attached hydrogen (secondary N) is 2. The molecule has 0 aliphatic rings. The van der Waals surface area contributed by atoms with Crippen LogP contribution in [0.2, 0.25) is 0 Å². The summed E-state index contributed by atoms with van der Waals surface area (Å²) in [6.07, 6.45) is -0.751. The molecule has 2 N–H and O–H groups in total. The van der Waals surface area contributed by atoms with Gasteiger partial charge in [0.15, 0.2) is 11.9 Å². The first-order chi connectivity index (χ1) is 9.04. The van der Waals surface area contributed by atoms with E-state index in [0.717, 1.165) is 5.69 Å². The van der Waals surface area contributed by atoms with E-state index >= 15 is 0 Å². The molecule has 1 aromatic carbocycles. The predicted octanol–water partition coefficient (Wildman–Crippen LogP) is 2.26. The van der Waals surface area contributed by atoms with Gasteiger partial charge in [-0.05, 0) is 26.0 Å². The molecule has 0 spiro atoms. The lowest BCUT2D eigenvalue weighted by Crippen LogP contribution is -2.30. The summed E-state index contributed by atoms with van der Waals surface area (Å²) in [4.78, 5) is 11.8. The van der Waals surface area contributed by atoms with E-state index in [1.807, 2.05) is 6.92 Å². The minimum Gasteiger partial charge on any atom is -0.481 e. The van der Waals surface area contributed by atoms with Crippen LogP contribution < -0.4 is 10.1 Å².